The highest BCUT2D eigenvalue weighted by Gasteiger charge is 2.28. The molecule has 1 N–H and O–H groups in total. The van der Waals surface area contributed by atoms with Crippen LogP contribution in [0.3, 0.4) is 0 Å². The molecule has 2 nitrogen and oxygen atoms in total. The van der Waals surface area contributed by atoms with Crippen LogP contribution in [0.1, 0.15) is 19.3 Å². The average Bonchev–Trinajstić information content (AvgIpc) is 2.44. The molecule has 2 atom stereocenters. The Morgan fingerprint density at radius 1 is 1.25 bits per heavy atom. The highest BCUT2D eigenvalue weighted by atomic mass is 32.2. The average molecular weight is 182 g/mol. The Labute approximate surface area is 77.7 Å². The summed E-state index contributed by atoms with van der Waals surface area (Å²) < 4.78 is 0. The van der Waals surface area contributed by atoms with Crippen molar-refractivity contribution in [1.29, 1.82) is 5.26 Å². The zero-order valence-corrected chi connectivity index (χ0v) is 7.94. The van der Waals surface area contributed by atoms with Crippen molar-refractivity contribution >= 4 is 11.8 Å². The predicted molar refractivity (Wildman–Crippen MR) is 51.0 cm³/mol. The van der Waals surface area contributed by atoms with Crippen molar-refractivity contribution in [1.82, 2.24) is 5.32 Å². The van der Waals surface area contributed by atoms with Gasteiger partial charge in [0.2, 0.25) is 0 Å². The van der Waals surface area contributed by atoms with Crippen LogP contribution in [0.4, 0.5) is 0 Å². The maximum absolute atomic E-state index is 8.71. The molecule has 0 radical (unpaired) electrons. The van der Waals surface area contributed by atoms with Gasteiger partial charge >= 0.3 is 0 Å². The lowest BCUT2D eigenvalue weighted by Crippen LogP contribution is -2.45. The lowest BCUT2D eigenvalue weighted by molar-refractivity contribution is 0.462. The first-order valence-electron chi connectivity index (χ1n) is 4.62. The highest BCUT2D eigenvalue weighted by Crippen LogP contribution is 2.27. The Morgan fingerprint density at radius 3 is 2.58 bits per heavy atom. The van der Waals surface area contributed by atoms with Gasteiger partial charge in [0.15, 0.2) is 0 Å². The number of nitrogens with zero attached hydrogens (tertiary/aromatic N) is 1. The minimum Gasteiger partial charge on any atom is -0.310 e. The second-order valence-corrected chi connectivity index (χ2v) is 4.81. The monoisotopic (exact) mass is 182 g/mol. The van der Waals surface area contributed by atoms with Gasteiger partial charge in [-0.05, 0) is 19.3 Å². The summed E-state index contributed by atoms with van der Waals surface area (Å²) in [5, 5.41) is 12.3. The number of hydrogen-bond acceptors (Lipinski definition) is 3. The second-order valence-electron chi connectivity index (χ2n) is 3.74. The molecule has 2 rings (SSSR count). The summed E-state index contributed by atoms with van der Waals surface area (Å²) in [7, 11) is 0. The molecule has 12 heavy (non-hydrogen) atoms. The molecular formula is C9H14N2S. The van der Waals surface area contributed by atoms with E-state index in [2.05, 4.69) is 11.4 Å². The zero-order valence-electron chi connectivity index (χ0n) is 7.12. The summed E-state index contributed by atoms with van der Waals surface area (Å²) in [6.45, 7) is 0. The van der Waals surface area contributed by atoms with Crippen molar-refractivity contribution in [3.63, 3.8) is 0 Å². The molecule has 2 unspecified atom stereocenters. The molecule has 2 aliphatic rings. The van der Waals surface area contributed by atoms with Crippen LogP contribution in [-0.4, -0.2) is 23.6 Å². The largest absolute Gasteiger partial charge is 0.310 e. The summed E-state index contributed by atoms with van der Waals surface area (Å²) in [5.74, 6) is 2.87. The van der Waals surface area contributed by atoms with E-state index in [4.69, 9.17) is 5.26 Å². The zero-order chi connectivity index (χ0) is 8.39. The third-order valence-corrected chi connectivity index (χ3v) is 4.00. The van der Waals surface area contributed by atoms with Gasteiger partial charge in [-0.1, -0.05) is 0 Å². The maximum Gasteiger partial charge on any atom is 0.0656 e. The first-order chi connectivity index (χ1) is 5.88. The van der Waals surface area contributed by atoms with Crippen molar-refractivity contribution in [2.45, 2.75) is 31.3 Å². The van der Waals surface area contributed by atoms with Crippen molar-refractivity contribution in [3.05, 3.63) is 0 Å². The summed E-state index contributed by atoms with van der Waals surface area (Å²) in [4.78, 5) is 0. The Bertz CT molecular complexity index is 195. The number of thioether (sulfide) groups is 1. The van der Waals surface area contributed by atoms with E-state index < -0.39 is 0 Å². The first kappa shape index (κ1) is 8.40. The van der Waals surface area contributed by atoms with Gasteiger partial charge in [0.25, 0.3) is 0 Å². The van der Waals surface area contributed by atoms with Crippen LogP contribution >= 0.6 is 11.8 Å². The quantitative estimate of drug-likeness (QED) is 0.701. The Morgan fingerprint density at radius 2 is 2.08 bits per heavy atom. The lowest BCUT2D eigenvalue weighted by atomic mass is 10.1. The number of nitrogens with one attached hydrogen (secondary N) is 1. The summed E-state index contributed by atoms with van der Waals surface area (Å²) in [6, 6.07) is 3.74. The van der Waals surface area contributed by atoms with E-state index in [-0.39, 0.29) is 0 Å². The van der Waals surface area contributed by atoms with Crippen molar-refractivity contribution in [3.8, 4) is 6.07 Å². The molecule has 3 heteroatoms. The third kappa shape index (κ3) is 1.75. The highest BCUT2D eigenvalue weighted by molar-refractivity contribution is 8.00. The number of rotatable bonds is 2. The van der Waals surface area contributed by atoms with E-state index in [0.717, 1.165) is 18.9 Å². The van der Waals surface area contributed by atoms with E-state index in [1.807, 2.05) is 11.8 Å². The van der Waals surface area contributed by atoms with E-state index in [1.54, 1.807) is 0 Å². The number of hydrogen-bond donors (Lipinski definition) is 1. The second kappa shape index (κ2) is 3.68. The maximum atomic E-state index is 8.71. The van der Waals surface area contributed by atoms with Crippen molar-refractivity contribution in [2.75, 3.05) is 11.5 Å². The van der Waals surface area contributed by atoms with Gasteiger partial charge in [-0.15, -0.1) is 0 Å². The molecule has 1 saturated heterocycles. The molecule has 0 bridgehead atoms. The molecule has 2 fully saturated rings. The Hall–Kier alpha value is -0.200. The van der Waals surface area contributed by atoms with Crippen molar-refractivity contribution in [2.24, 2.45) is 5.92 Å². The predicted octanol–water partition coefficient (Wildman–Crippen LogP) is 1.38. The molecule has 0 spiro atoms. The summed E-state index contributed by atoms with van der Waals surface area (Å²) >= 11 is 2.01. The van der Waals surface area contributed by atoms with E-state index >= 15 is 0 Å². The standard InChI is InChI=1S/C9H14N2S/c10-4-7-1-2-8(3-7)11-9-5-12-6-9/h7-9,11H,1-3,5-6H2. The SMILES string of the molecule is N#CC1CCC(NC2CSC2)C1. The van der Waals surface area contributed by atoms with Gasteiger partial charge in [0, 0.05) is 29.5 Å². The van der Waals surface area contributed by atoms with Gasteiger partial charge < -0.3 is 5.32 Å². The molecule has 1 saturated carbocycles. The normalized spacial score (nSPS) is 35.9. The summed E-state index contributed by atoms with van der Waals surface area (Å²) in [6.07, 6.45) is 3.39. The molecule has 0 aromatic rings. The van der Waals surface area contributed by atoms with Gasteiger partial charge in [0.05, 0.1) is 6.07 Å². The molecule has 66 valence electrons. The fraction of sp³-hybridized carbons (Fsp3) is 0.889. The van der Waals surface area contributed by atoms with Gasteiger partial charge in [-0.2, -0.15) is 17.0 Å². The van der Waals surface area contributed by atoms with Crippen LogP contribution < -0.4 is 5.32 Å². The molecule has 1 heterocycles. The van der Waals surface area contributed by atoms with Crippen LogP contribution in [0, 0.1) is 17.2 Å². The fourth-order valence-corrected chi connectivity index (χ4v) is 2.58. The van der Waals surface area contributed by atoms with Crippen LogP contribution in [0.2, 0.25) is 0 Å². The van der Waals surface area contributed by atoms with Crippen LogP contribution in [0.15, 0.2) is 0 Å². The third-order valence-electron chi connectivity index (χ3n) is 2.72. The molecule has 1 aliphatic carbocycles. The van der Waals surface area contributed by atoms with E-state index in [9.17, 15) is 0 Å². The van der Waals surface area contributed by atoms with Crippen LogP contribution in [-0.2, 0) is 0 Å². The van der Waals surface area contributed by atoms with Crippen LogP contribution in [0.25, 0.3) is 0 Å². The Balaban J connectivity index is 1.72. The molecule has 0 aromatic heterocycles. The molecule has 1 aliphatic heterocycles. The molecular weight excluding hydrogens is 168 g/mol. The van der Waals surface area contributed by atoms with Gasteiger partial charge in [-0.25, -0.2) is 0 Å². The van der Waals surface area contributed by atoms with E-state index in [0.29, 0.717) is 12.0 Å². The minimum atomic E-state index is 0.329. The number of nitriles is 1. The topological polar surface area (TPSA) is 35.8 Å². The Kier molecular flexibility index (Phi) is 2.57. The smallest absolute Gasteiger partial charge is 0.0656 e. The fourth-order valence-electron chi connectivity index (χ4n) is 1.92. The van der Waals surface area contributed by atoms with Gasteiger partial charge in [-0.3, -0.25) is 0 Å². The van der Waals surface area contributed by atoms with Crippen molar-refractivity contribution < 1.29 is 0 Å². The first-order valence-corrected chi connectivity index (χ1v) is 5.77. The lowest BCUT2D eigenvalue weighted by Gasteiger charge is -2.29. The molecule has 0 amide bonds. The van der Waals surface area contributed by atoms with Gasteiger partial charge in [0.1, 0.15) is 0 Å². The van der Waals surface area contributed by atoms with E-state index in [1.165, 1.54) is 17.9 Å². The minimum absolute atomic E-state index is 0.329. The summed E-state index contributed by atoms with van der Waals surface area (Å²) in [5.41, 5.74) is 0. The molecule has 0 aromatic carbocycles. The van der Waals surface area contributed by atoms with Crippen LogP contribution in [0.5, 0.6) is 0 Å².